The smallest absolute Gasteiger partial charge is 0.325 e. The highest BCUT2D eigenvalue weighted by atomic mass is 16.3. The molecule has 9 nitrogen and oxygen atoms in total. The van der Waals surface area contributed by atoms with Crippen LogP contribution in [0.5, 0.6) is 0 Å². The van der Waals surface area contributed by atoms with Gasteiger partial charge in [0.05, 0.1) is 6.61 Å². The van der Waals surface area contributed by atoms with Crippen molar-refractivity contribution in [3.05, 3.63) is 0 Å². The molecule has 3 aliphatic rings. The maximum absolute atomic E-state index is 12.2. The first kappa shape index (κ1) is 15.0. The van der Waals surface area contributed by atoms with Gasteiger partial charge in [0.1, 0.15) is 0 Å². The second-order valence-electron chi connectivity index (χ2n) is 5.90. The average Bonchev–Trinajstić information content (AvgIpc) is 2.86. The third-order valence-corrected chi connectivity index (χ3v) is 4.47. The number of guanidine groups is 1. The molecule has 3 aliphatic heterocycles. The number of nitrogens with zero attached hydrogens (tertiary/aromatic N) is 5. The Morgan fingerprint density at radius 3 is 2.55 bits per heavy atom. The lowest BCUT2D eigenvalue weighted by atomic mass is 10.1. The minimum Gasteiger partial charge on any atom is -0.395 e. The fourth-order valence-corrected chi connectivity index (χ4v) is 3.13. The number of aliphatic imine (C=N–C) groups is 1. The Morgan fingerprint density at radius 2 is 1.91 bits per heavy atom. The largest absolute Gasteiger partial charge is 0.395 e. The van der Waals surface area contributed by atoms with Crippen LogP contribution in [-0.2, 0) is 4.79 Å². The number of likely N-dealkylation sites (N-methyl/N-ethyl adjacent to an activating group) is 2. The molecule has 0 radical (unpaired) electrons. The molecule has 2 atom stereocenters. The van der Waals surface area contributed by atoms with Gasteiger partial charge in [0.15, 0.2) is 18.2 Å². The predicted molar refractivity (Wildman–Crippen MR) is 79.2 cm³/mol. The standard InChI is InChI=1S/C13H22N6O3/c1-16-3-5-18(6-4-16)12-14-10-9(19(12)7-8-20)11(21)15-13(22)17(10)2/h9-10,20H,3-8H2,1-2H3,(H,15,21,22). The molecule has 3 rings (SSSR count). The number of hydrogen-bond donors (Lipinski definition) is 2. The van der Waals surface area contributed by atoms with Gasteiger partial charge in [-0.3, -0.25) is 10.1 Å². The Labute approximate surface area is 129 Å². The number of fused-ring (bicyclic) bond motifs is 1. The van der Waals surface area contributed by atoms with E-state index in [2.05, 4.69) is 27.2 Å². The average molecular weight is 310 g/mol. The molecule has 3 amide bonds. The second kappa shape index (κ2) is 5.73. The number of piperazine rings is 1. The Bertz CT molecular complexity index is 502. The van der Waals surface area contributed by atoms with Gasteiger partial charge in [-0.25, -0.2) is 9.79 Å². The molecule has 0 aliphatic carbocycles. The molecule has 2 fully saturated rings. The summed E-state index contributed by atoms with van der Waals surface area (Å²) in [7, 11) is 3.70. The quantitative estimate of drug-likeness (QED) is 0.600. The summed E-state index contributed by atoms with van der Waals surface area (Å²) in [6.45, 7) is 3.72. The molecule has 122 valence electrons. The van der Waals surface area contributed by atoms with Crippen LogP contribution in [0.4, 0.5) is 4.79 Å². The Balaban J connectivity index is 1.87. The summed E-state index contributed by atoms with van der Waals surface area (Å²) < 4.78 is 0. The maximum Gasteiger partial charge on any atom is 0.325 e. The molecule has 9 heteroatoms. The van der Waals surface area contributed by atoms with Crippen molar-refractivity contribution in [2.75, 3.05) is 53.4 Å². The molecule has 3 heterocycles. The van der Waals surface area contributed by atoms with Gasteiger partial charge in [-0.15, -0.1) is 0 Å². The number of carbonyl (C=O) groups is 2. The zero-order valence-corrected chi connectivity index (χ0v) is 12.9. The number of amides is 3. The van der Waals surface area contributed by atoms with E-state index in [4.69, 9.17) is 0 Å². The van der Waals surface area contributed by atoms with Crippen LogP contribution >= 0.6 is 0 Å². The van der Waals surface area contributed by atoms with Crippen molar-refractivity contribution >= 4 is 17.9 Å². The molecule has 0 aromatic rings. The summed E-state index contributed by atoms with van der Waals surface area (Å²) >= 11 is 0. The minimum absolute atomic E-state index is 0.0685. The van der Waals surface area contributed by atoms with Crippen LogP contribution in [0.2, 0.25) is 0 Å². The van der Waals surface area contributed by atoms with Crippen LogP contribution in [0, 0.1) is 0 Å². The van der Waals surface area contributed by atoms with Crippen molar-refractivity contribution in [3.8, 4) is 0 Å². The Morgan fingerprint density at radius 1 is 1.23 bits per heavy atom. The molecule has 0 spiro atoms. The number of hydrogen-bond acceptors (Lipinski definition) is 7. The SMILES string of the molecule is CN1CCN(C2=NC3C(C(=O)NC(=O)N3C)N2CCO)CC1. The van der Waals surface area contributed by atoms with E-state index in [1.54, 1.807) is 7.05 Å². The van der Waals surface area contributed by atoms with Crippen molar-refractivity contribution < 1.29 is 14.7 Å². The van der Waals surface area contributed by atoms with Crippen molar-refractivity contribution in [1.29, 1.82) is 0 Å². The van der Waals surface area contributed by atoms with E-state index < -0.39 is 18.2 Å². The summed E-state index contributed by atoms with van der Waals surface area (Å²) in [6, 6.07) is -0.997. The van der Waals surface area contributed by atoms with Gasteiger partial charge in [-0.05, 0) is 7.05 Å². The number of carbonyl (C=O) groups excluding carboxylic acids is 2. The number of aliphatic hydroxyl groups is 1. The molecule has 22 heavy (non-hydrogen) atoms. The molecule has 0 saturated carbocycles. The third-order valence-electron chi connectivity index (χ3n) is 4.47. The number of nitrogens with one attached hydrogen (secondary N) is 1. The van der Waals surface area contributed by atoms with E-state index in [1.165, 1.54) is 4.90 Å². The zero-order valence-electron chi connectivity index (χ0n) is 12.9. The van der Waals surface area contributed by atoms with Crippen LogP contribution < -0.4 is 5.32 Å². The number of aliphatic hydroxyl groups excluding tert-OH is 1. The lowest BCUT2D eigenvalue weighted by molar-refractivity contribution is -0.127. The number of rotatable bonds is 2. The summed E-state index contributed by atoms with van der Waals surface area (Å²) in [4.78, 5) is 36.2. The van der Waals surface area contributed by atoms with Crippen molar-refractivity contribution in [1.82, 2.24) is 24.9 Å². The summed E-state index contributed by atoms with van der Waals surface area (Å²) in [5.41, 5.74) is 0. The van der Waals surface area contributed by atoms with Crippen LogP contribution in [0.3, 0.4) is 0 Å². The first-order chi connectivity index (χ1) is 10.5. The van der Waals surface area contributed by atoms with Gasteiger partial charge in [0, 0.05) is 39.8 Å². The highest BCUT2D eigenvalue weighted by molar-refractivity contribution is 6.03. The number of urea groups is 1. The molecular formula is C13H22N6O3. The summed E-state index contributed by atoms with van der Waals surface area (Å²) in [5.74, 6) is 0.350. The fourth-order valence-electron chi connectivity index (χ4n) is 3.13. The highest BCUT2D eigenvalue weighted by Crippen LogP contribution is 2.25. The van der Waals surface area contributed by atoms with E-state index in [9.17, 15) is 14.7 Å². The summed E-state index contributed by atoms with van der Waals surface area (Å²) in [6.07, 6.45) is -0.526. The van der Waals surface area contributed by atoms with Gasteiger partial charge in [0.25, 0.3) is 5.91 Å². The Kier molecular flexibility index (Phi) is 3.92. The van der Waals surface area contributed by atoms with Crippen molar-refractivity contribution in [2.45, 2.75) is 12.2 Å². The Hall–Kier alpha value is -1.87. The lowest BCUT2D eigenvalue weighted by Crippen LogP contribution is -2.64. The van der Waals surface area contributed by atoms with E-state index >= 15 is 0 Å². The van der Waals surface area contributed by atoms with Crippen LogP contribution in [0.1, 0.15) is 0 Å². The lowest BCUT2D eigenvalue weighted by Gasteiger charge is -2.39. The van der Waals surface area contributed by atoms with Gasteiger partial charge in [-0.1, -0.05) is 0 Å². The zero-order chi connectivity index (χ0) is 15.9. The van der Waals surface area contributed by atoms with Gasteiger partial charge >= 0.3 is 6.03 Å². The molecular weight excluding hydrogens is 288 g/mol. The second-order valence-corrected chi connectivity index (χ2v) is 5.90. The first-order valence-corrected chi connectivity index (χ1v) is 7.49. The molecule has 2 unspecified atom stereocenters. The maximum atomic E-state index is 12.2. The van der Waals surface area contributed by atoms with E-state index in [1.807, 2.05) is 4.90 Å². The van der Waals surface area contributed by atoms with E-state index in [-0.39, 0.29) is 12.5 Å². The molecule has 0 bridgehead atoms. The summed E-state index contributed by atoms with van der Waals surface area (Å²) in [5, 5.41) is 11.7. The first-order valence-electron chi connectivity index (χ1n) is 7.49. The monoisotopic (exact) mass is 310 g/mol. The highest BCUT2D eigenvalue weighted by Gasteiger charge is 2.49. The number of β-amino-alcohol motifs (C(OH)–C–C–N with tert-alkyl or cyclic N) is 1. The van der Waals surface area contributed by atoms with E-state index in [0.29, 0.717) is 12.5 Å². The minimum atomic E-state index is -0.565. The molecule has 2 N–H and O–H groups in total. The van der Waals surface area contributed by atoms with Crippen LogP contribution in [-0.4, -0.2) is 108 Å². The van der Waals surface area contributed by atoms with Crippen molar-refractivity contribution in [3.63, 3.8) is 0 Å². The van der Waals surface area contributed by atoms with Crippen LogP contribution in [0.15, 0.2) is 4.99 Å². The van der Waals surface area contributed by atoms with Crippen molar-refractivity contribution in [2.24, 2.45) is 4.99 Å². The molecule has 0 aromatic heterocycles. The molecule has 0 aromatic carbocycles. The van der Waals surface area contributed by atoms with Gasteiger partial charge in [-0.2, -0.15) is 0 Å². The predicted octanol–water partition coefficient (Wildman–Crippen LogP) is -2.23. The van der Waals surface area contributed by atoms with Crippen LogP contribution in [0.25, 0.3) is 0 Å². The van der Waals surface area contributed by atoms with Gasteiger partial charge in [0.2, 0.25) is 0 Å². The molecule has 2 saturated heterocycles. The fraction of sp³-hybridized carbons (Fsp3) is 0.769. The normalized spacial score (nSPS) is 29.6. The topological polar surface area (TPSA) is 91.7 Å². The van der Waals surface area contributed by atoms with E-state index in [0.717, 1.165) is 26.2 Å². The van der Waals surface area contributed by atoms with Gasteiger partial charge < -0.3 is 24.7 Å². The third kappa shape index (κ3) is 2.40. The number of imide groups is 1.